The summed E-state index contributed by atoms with van der Waals surface area (Å²) in [5.41, 5.74) is 6.28. The number of rotatable bonds is 4. The van der Waals surface area contributed by atoms with Crippen LogP contribution in [-0.2, 0) is 6.54 Å². The van der Waals surface area contributed by atoms with E-state index in [1.807, 2.05) is 0 Å². The maximum Gasteiger partial charge on any atom is 0.255 e. The van der Waals surface area contributed by atoms with E-state index < -0.39 is 11.7 Å². The number of amides is 1. The van der Waals surface area contributed by atoms with Crippen molar-refractivity contribution >= 4 is 11.6 Å². The number of carbonyl (C=O) groups excluding carboxylic acids is 1. The summed E-state index contributed by atoms with van der Waals surface area (Å²) in [5.74, 6) is -1.01. The Morgan fingerprint density at radius 1 is 1.33 bits per heavy atom. The molecule has 4 N–H and O–H groups in total. The van der Waals surface area contributed by atoms with Crippen LogP contribution in [0.4, 0.5) is 10.1 Å². The molecule has 5 nitrogen and oxygen atoms in total. The molecule has 21 heavy (non-hydrogen) atoms. The third-order valence-corrected chi connectivity index (χ3v) is 2.96. The average Bonchev–Trinajstić information content (AvgIpc) is 2.49. The van der Waals surface area contributed by atoms with Crippen molar-refractivity contribution in [3.05, 3.63) is 53.3 Å². The molecule has 0 aliphatic carbocycles. The second kappa shape index (κ2) is 6.23. The van der Waals surface area contributed by atoms with Gasteiger partial charge in [-0.15, -0.1) is 0 Å². The minimum Gasteiger partial charge on any atom is -0.504 e. The average molecular weight is 290 g/mol. The lowest BCUT2D eigenvalue weighted by Gasteiger charge is -2.09. The highest BCUT2D eigenvalue weighted by Gasteiger charge is 2.12. The van der Waals surface area contributed by atoms with E-state index in [0.29, 0.717) is 5.56 Å². The van der Waals surface area contributed by atoms with Gasteiger partial charge in [-0.05, 0) is 35.9 Å². The van der Waals surface area contributed by atoms with Crippen LogP contribution in [0.15, 0.2) is 36.4 Å². The standard InChI is InChI=1S/C15H15FN2O3/c1-21-14-5-3-10(7-13(14)19)15(20)18-12-4-2-9(8-17)6-11(12)16/h2-7,19H,8,17H2,1H3,(H,18,20). The maximum absolute atomic E-state index is 13.8. The Hall–Kier alpha value is -2.60. The smallest absolute Gasteiger partial charge is 0.255 e. The Kier molecular flexibility index (Phi) is 4.39. The lowest BCUT2D eigenvalue weighted by Crippen LogP contribution is -2.13. The van der Waals surface area contributed by atoms with Gasteiger partial charge in [-0.25, -0.2) is 4.39 Å². The lowest BCUT2D eigenvalue weighted by atomic mass is 10.1. The molecule has 0 aromatic heterocycles. The summed E-state index contributed by atoms with van der Waals surface area (Å²) >= 11 is 0. The van der Waals surface area contributed by atoms with E-state index >= 15 is 0 Å². The summed E-state index contributed by atoms with van der Waals surface area (Å²) in [5, 5.41) is 12.1. The van der Waals surface area contributed by atoms with E-state index in [2.05, 4.69) is 5.32 Å². The van der Waals surface area contributed by atoms with Crippen LogP contribution in [0, 0.1) is 5.82 Å². The molecule has 0 saturated carbocycles. The summed E-state index contributed by atoms with van der Waals surface area (Å²) in [7, 11) is 1.41. The van der Waals surface area contributed by atoms with Crippen LogP contribution in [0.1, 0.15) is 15.9 Å². The van der Waals surface area contributed by atoms with Crippen molar-refractivity contribution < 1.29 is 19.0 Å². The zero-order chi connectivity index (χ0) is 15.4. The topological polar surface area (TPSA) is 84.6 Å². The van der Waals surface area contributed by atoms with Crippen molar-refractivity contribution in [1.29, 1.82) is 0 Å². The van der Waals surface area contributed by atoms with Gasteiger partial charge >= 0.3 is 0 Å². The van der Waals surface area contributed by atoms with Gasteiger partial charge in [-0.3, -0.25) is 4.79 Å². The fraction of sp³-hybridized carbons (Fsp3) is 0.133. The zero-order valence-corrected chi connectivity index (χ0v) is 11.4. The predicted molar refractivity (Wildman–Crippen MR) is 76.9 cm³/mol. The number of nitrogens with one attached hydrogen (secondary N) is 1. The fourth-order valence-electron chi connectivity index (χ4n) is 1.81. The van der Waals surface area contributed by atoms with E-state index in [-0.39, 0.29) is 29.3 Å². The van der Waals surface area contributed by atoms with Crippen LogP contribution in [0.25, 0.3) is 0 Å². The van der Waals surface area contributed by atoms with Crippen LogP contribution in [0.5, 0.6) is 11.5 Å². The van der Waals surface area contributed by atoms with Crippen molar-refractivity contribution in [3.8, 4) is 11.5 Å². The quantitative estimate of drug-likeness (QED) is 0.806. The van der Waals surface area contributed by atoms with E-state index in [4.69, 9.17) is 10.5 Å². The van der Waals surface area contributed by atoms with Crippen LogP contribution < -0.4 is 15.8 Å². The molecule has 0 aliphatic rings. The second-order valence-corrected chi connectivity index (χ2v) is 4.36. The molecule has 110 valence electrons. The number of benzene rings is 2. The number of aromatic hydroxyl groups is 1. The first-order chi connectivity index (χ1) is 10.0. The van der Waals surface area contributed by atoms with Gasteiger partial charge in [0.2, 0.25) is 0 Å². The van der Waals surface area contributed by atoms with Crippen molar-refractivity contribution in [2.75, 3.05) is 12.4 Å². The van der Waals surface area contributed by atoms with E-state index in [1.54, 1.807) is 6.07 Å². The van der Waals surface area contributed by atoms with Gasteiger partial charge < -0.3 is 20.9 Å². The number of hydrogen-bond donors (Lipinski definition) is 3. The summed E-state index contributed by atoms with van der Waals surface area (Å²) in [6, 6.07) is 8.52. The molecular formula is C15H15FN2O3. The fourth-order valence-corrected chi connectivity index (χ4v) is 1.81. The highest BCUT2D eigenvalue weighted by Crippen LogP contribution is 2.26. The number of phenols is 1. The number of carbonyl (C=O) groups is 1. The lowest BCUT2D eigenvalue weighted by molar-refractivity contribution is 0.102. The minimum atomic E-state index is -0.566. The molecule has 0 heterocycles. The van der Waals surface area contributed by atoms with Crippen LogP contribution >= 0.6 is 0 Å². The number of nitrogens with two attached hydrogens (primary N) is 1. The van der Waals surface area contributed by atoms with Crippen molar-refractivity contribution in [2.45, 2.75) is 6.54 Å². The van der Waals surface area contributed by atoms with E-state index in [1.165, 1.54) is 37.4 Å². The number of anilines is 1. The number of halogens is 1. The largest absolute Gasteiger partial charge is 0.504 e. The maximum atomic E-state index is 13.8. The van der Waals surface area contributed by atoms with Gasteiger partial charge in [0.1, 0.15) is 5.82 Å². The SMILES string of the molecule is COc1ccc(C(=O)Nc2ccc(CN)cc2F)cc1O. The first-order valence-electron chi connectivity index (χ1n) is 6.22. The third kappa shape index (κ3) is 3.29. The highest BCUT2D eigenvalue weighted by atomic mass is 19.1. The summed E-state index contributed by atoms with van der Waals surface area (Å²) in [4.78, 5) is 12.0. The molecule has 0 unspecified atom stereocenters. The van der Waals surface area contributed by atoms with Crippen LogP contribution in [-0.4, -0.2) is 18.1 Å². The molecule has 6 heteroatoms. The molecule has 2 aromatic rings. The molecule has 0 radical (unpaired) electrons. The molecular weight excluding hydrogens is 275 g/mol. The zero-order valence-electron chi connectivity index (χ0n) is 11.4. The number of ether oxygens (including phenoxy) is 1. The number of methoxy groups -OCH3 is 1. The van der Waals surface area contributed by atoms with Gasteiger partial charge in [0.05, 0.1) is 12.8 Å². The molecule has 0 saturated heterocycles. The van der Waals surface area contributed by atoms with Gasteiger partial charge in [0, 0.05) is 12.1 Å². The van der Waals surface area contributed by atoms with E-state index in [0.717, 1.165) is 0 Å². The minimum absolute atomic E-state index is 0.0486. The predicted octanol–water partition coefficient (Wildman–Crippen LogP) is 2.25. The van der Waals surface area contributed by atoms with E-state index in [9.17, 15) is 14.3 Å². The van der Waals surface area contributed by atoms with Crippen molar-refractivity contribution in [1.82, 2.24) is 0 Å². The number of hydrogen-bond acceptors (Lipinski definition) is 4. The Labute approximate surface area is 121 Å². The van der Waals surface area contributed by atoms with Gasteiger partial charge in [-0.1, -0.05) is 6.07 Å². The Balaban J connectivity index is 2.20. The summed E-state index contributed by atoms with van der Waals surface area (Å²) in [6.45, 7) is 0.220. The molecule has 0 spiro atoms. The molecule has 0 fully saturated rings. The van der Waals surface area contributed by atoms with Gasteiger partial charge in [0.25, 0.3) is 5.91 Å². The molecule has 2 rings (SSSR count). The van der Waals surface area contributed by atoms with Crippen molar-refractivity contribution in [2.24, 2.45) is 5.73 Å². The molecule has 0 bridgehead atoms. The Morgan fingerprint density at radius 3 is 2.67 bits per heavy atom. The summed E-state index contributed by atoms with van der Waals surface area (Å²) in [6.07, 6.45) is 0. The van der Waals surface area contributed by atoms with Crippen LogP contribution in [0.3, 0.4) is 0 Å². The van der Waals surface area contributed by atoms with Crippen molar-refractivity contribution in [3.63, 3.8) is 0 Å². The van der Waals surface area contributed by atoms with Gasteiger partial charge in [-0.2, -0.15) is 0 Å². The molecule has 0 aliphatic heterocycles. The first-order valence-corrected chi connectivity index (χ1v) is 6.22. The normalized spacial score (nSPS) is 10.2. The first kappa shape index (κ1) is 14.8. The molecule has 0 atom stereocenters. The monoisotopic (exact) mass is 290 g/mol. The second-order valence-electron chi connectivity index (χ2n) is 4.36. The highest BCUT2D eigenvalue weighted by molar-refractivity contribution is 6.04. The van der Waals surface area contributed by atoms with Gasteiger partial charge in [0.15, 0.2) is 11.5 Å². The molecule has 1 amide bonds. The number of phenolic OH excluding ortho intramolecular Hbond substituents is 1. The third-order valence-electron chi connectivity index (χ3n) is 2.96. The van der Waals surface area contributed by atoms with Crippen LogP contribution in [0.2, 0.25) is 0 Å². The summed E-state index contributed by atoms with van der Waals surface area (Å²) < 4.78 is 18.7. The Morgan fingerprint density at radius 2 is 2.10 bits per heavy atom. The molecule has 2 aromatic carbocycles. The Bertz CT molecular complexity index is 674.